The lowest BCUT2D eigenvalue weighted by molar-refractivity contribution is -0.122. The van der Waals surface area contributed by atoms with Crippen LogP contribution in [0.1, 0.15) is 25.7 Å². The summed E-state index contributed by atoms with van der Waals surface area (Å²) in [6, 6.07) is 4.81. The van der Waals surface area contributed by atoms with Crippen LogP contribution in [0, 0.1) is 23.6 Å². The Balaban J connectivity index is 1.16. The molecule has 2 amide bonds. The topological polar surface area (TPSA) is 102 Å². The summed E-state index contributed by atoms with van der Waals surface area (Å²) in [6.07, 6.45) is 2.67. The van der Waals surface area contributed by atoms with E-state index in [1.807, 2.05) is 4.90 Å². The van der Waals surface area contributed by atoms with Crippen molar-refractivity contribution in [2.45, 2.75) is 31.8 Å². The fourth-order valence-electron chi connectivity index (χ4n) is 4.98. The molecule has 0 bridgehead atoms. The van der Waals surface area contributed by atoms with E-state index in [4.69, 9.17) is 4.74 Å². The average molecular weight is 468 g/mol. The summed E-state index contributed by atoms with van der Waals surface area (Å²) in [5, 5.41) is 2.82. The van der Waals surface area contributed by atoms with Crippen molar-refractivity contribution in [3.63, 3.8) is 0 Å². The minimum Gasteiger partial charge on any atom is -0.442 e. The zero-order valence-corrected chi connectivity index (χ0v) is 18.7. The third kappa shape index (κ3) is 4.53. The Morgan fingerprint density at radius 2 is 1.88 bits per heavy atom. The normalized spacial score (nSPS) is 27.1. The molecule has 5 rings (SSSR count). The maximum atomic E-state index is 15.0. The summed E-state index contributed by atoms with van der Waals surface area (Å²) in [5.74, 6) is 1.59. The van der Waals surface area contributed by atoms with Crippen molar-refractivity contribution < 1.29 is 27.8 Å². The van der Waals surface area contributed by atoms with Gasteiger partial charge in [-0.05, 0) is 55.7 Å². The predicted molar refractivity (Wildman–Crippen MR) is 121 cm³/mol. The van der Waals surface area contributed by atoms with E-state index in [2.05, 4.69) is 5.32 Å². The maximum Gasteiger partial charge on any atom is 0.414 e. The highest BCUT2D eigenvalue weighted by molar-refractivity contribution is 8.25. The summed E-state index contributed by atoms with van der Waals surface area (Å²) in [7, 11) is -2.32. The van der Waals surface area contributed by atoms with Gasteiger partial charge >= 0.3 is 6.09 Å². The van der Waals surface area contributed by atoms with Crippen molar-refractivity contribution in [1.29, 1.82) is 0 Å². The van der Waals surface area contributed by atoms with Crippen LogP contribution in [0.4, 0.5) is 20.6 Å². The zero-order chi connectivity index (χ0) is 22.5. The van der Waals surface area contributed by atoms with Gasteiger partial charge in [-0.25, -0.2) is 9.18 Å². The van der Waals surface area contributed by atoms with E-state index in [-0.39, 0.29) is 30.7 Å². The first kappa shape index (κ1) is 21.8. The molecule has 0 radical (unpaired) electrons. The summed E-state index contributed by atoms with van der Waals surface area (Å²) in [6.45, 7) is 1.99. The average Bonchev–Trinajstić information content (AvgIpc) is 3.53. The Kier molecular flexibility index (Phi) is 5.71. The van der Waals surface area contributed by atoms with Crippen molar-refractivity contribution in [1.82, 2.24) is 5.32 Å². The van der Waals surface area contributed by atoms with E-state index in [1.54, 1.807) is 12.1 Å². The molecule has 4 fully saturated rings. The van der Waals surface area contributed by atoms with E-state index >= 15 is 0 Å². The molecule has 3 heterocycles. The second kappa shape index (κ2) is 8.39. The van der Waals surface area contributed by atoms with Crippen LogP contribution >= 0.6 is 10.6 Å². The largest absolute Gasteiger partial charge is 0.442 e. The number of carbonyl (C=O) groups is 2. The fraction of sp³-hybridized carbons (Fsp3) is 0.636. The Labute approximate surface area is 188 Å². The fourth-order valence-corrected chi connectivity index (χ4v) is 6.80. The van der Waals surface area contributed by atoms with Crippen LogP contribution < -0.4 is 15.1 Å². The molecule has 0 aromatic heterocycles. The maximum absolute atomic E-state index is 15.0. The van der Waals surface area contributed by atoms with Crippen molar-refractivity contribution >= 4 is 34.0 Å². The minimum absolute atomic E-state index is 0.00395. The molecule has 10 heteroatoms. The molecule has 32 heavy (non-hydrogen) atoms. The highest BCUT2D eigenvalue weighted by Gasteiger charge is 2.40. The van der Waals surface area contributed by atoms with E-state index in [9.17, 15) is 23.1 Å². The van der Waals surface area contributed by atoms with Crippen molar-refractivity contribution in [2.75, 3.05) is 47.5 Å². The molecule has 0 spiro atoms. The van der Waals surface area contributed by atoms with Crippen molar-refractivity contribution in [2.24, 2.45) is 17.8 Å². The smallest absolute Gasteiger partial charge is 0.414 e. The van der Waals surface area contributed by atoms with Gasteiger partial charge < -0.3 is 15.0 Å². The van der Waals surface area contributed by atoms with E-state index in [1.165, 1.54) is 11.0 Å². The molecule has 3 saturated heterocycles. The Hall–Kier alpha value is -2.04. The van der Waals surface area contributed by atoms with Gasteiger partial charge in [-0.3, -0.25) is 18.8 Å². The zero-order valence-electron chi connectivity index (χ0n) is 17.9. The number of ether oxygens (including phenoxy) is 1. The van der Waals surface area contributed by atoms with Gasteiger partial charge in [-0.2, -0.15) is 10.6 Å². The molecule has 176 valence electrons. The molecule has 1 unspecified atom stereocenters. The van der Waals surface area contributed by atoms with Gasteiger partial charge in [0.2, 0.25) is 5.91 Å². The number of hydrogen-bond donors (Lipinski definition) is 3. The van der Waals surface area contributed by atoms with Gasteiger partial charge in [0.25, 0.3) is 0 Å². The molecule has 1 aromatic rings. The highest BCUT2D eigenvalue weighted by Crippen LogP contribution is 2.55. The molecule has 8 nitrogen and oxygen atoms in total. The number of amides is 2. The van der Waals surface area contributed by atoms with Crippen molar-refractivity contribution in [3.05, 3.63) is 24.0 Å². The van der Waals surface area contributed by atoms with Crippen LogP contribution in [0.25, 0.3) is 0 Å². The summed E-state index contributed by atoms with van der Waals surface area (Å²) >= 11 is 0. The SMILES string of the molecule is O=C(NCC1CN(c2ccc(N3CCC(C4CS(O)(O)C4)CC3)c(F)c2)C(=O)O1)C1CC1. The van der Waals surface area contributed by atoms with Gasteiger partial charge in [0.1, 0.15) is 11.9 Å². The first-order chi connectivity index (χ1) is 15.3. The van der Waals surface area contributed by atoms with Crippen LogP contribution in [0.15, 0.2) is 18.2 Å². The number of nitrogens with one attached hydrogen (secondary N) is 1. The van der Waals surface area contributed by atoms with Crippen LogP contribution in [0.5, 0.6) is 0 Å². The van der Waals surface area contributed by atoms with E-state index in [0.29, 0.717) is 34.7 Å². The van der Waals surface area contributed by atoms with Crippen LogP contribution in [-0.4, -0.2) is 64.9 Å². The number of halogens is 1. The Morgan fingerprint density at radius 3 is 2.50 bits per heavy atom. The number of carbonyl (C=O) groups excluding carboxylic acids is 2. The van der Waals surface area contributed by atoms with Crippen LogP contribution in [-0.2, 0) is 9.53 Å². The molecule has 4 aliphatic rings. The third-order valence-corrected chi connectivity index (χ3v) is 9.00. The van der Waals surface area contributed by atoms with E-state index < -0.39 is 22.8 Å². The van der Waals surface area contributed by atoms with Gasteiger partial charge in [0.15, 0.2) is 0 Å². The van der Waals surface area contributed by atoms with Gasteiger partial charge in [-0.1, -0.05) is 0 Å². The molecule has 1 saturated carbocycles. The first-order valence-electron chi connectivity index (χ1n) is 11.3. The molecule has 3 aliphatic heterocycles. The molecule has 1 atom stereocenters. The van der Waals surface area contributed by atoms with Gasteiger partial charge in [-0.15, -0.1) is 0 Å². The van der Waals surface area contributed by atoms with Crippen LogP contribution in [0.3, 0.4) is 0 Å². The number of cyclic esters (lactones) is 1. The van der Waals surface area contributed by atoms with Gasteiger partial charge in [0, 0.05) is 30.5 Å². The predicted octanol–water partition coefficient (Wildman–Crippen LogP) is 3.27. The molecule has 1 aliphatic carbocycles. The summed E-state index contributed by atoms with van der Waals surface area (Å²) in [4.78, 5) is 27.5. The Morgan fingerprint density at radius 1 is 1.16 bits per heavy atom. The number of hydrogen-bond acceptors (Lipinski definition) is 6. The first-order valence-corrected chi connectivity index (χ1v) is 13.2. The molecule has 3 N–H and O–H groups in total. The van der Waals surface area contributed by atoms with E-state index in [0.717, 1.165) is 38.8 Å². The van der Waals surface area contributed by atoms with Gasteiger partial charge in [0.05, 0.1) is 24.5 Å². The monoisotopic (exact) mass is 467 g/mol. The van der Waals surface area contributed by atoms with Crippen LogP contribution in [0.2, 0.25) is 0 Å². The molecular formula is C22H30FN3O5S. The van der Waals surface area contributed by atoms with Crippen molar-refractivity contribution in [3.8, 4) is 0 Å². The molecule has 1 aromatic carbocycles. The summed E-state index contributed by atoms with van der Waals surface area (Å²) in [5.41, 5.74) is 0.965. The number of rotatable bonds is 6. The second-order valence-corrected chi connectivity index (χ2v) is 11.8. The quantitative estimate of drug-likeness (QED) is 0.594. The Bertz CT molecular complexity index is 896. The number of anilines is 2. The lowest BCUT2D eigenvalue weighted by atomic mass is 9.86. The minimum atomic E-state index is -2.32. The number of benzene rings is 1. The second-order valence-electron chi connectivity index (χ2n) is 9.49. The lowest BCUT2D eigenvalue weighted by Gasteiger charge is -2.51. The number of nitrogens with zero attached hydrogens (tertiary/aromatic N) is 2. The molecular weight excluding hydrogens is 437 g/mol. The third-order valence-electron chi connectivity index (χ3n) is 7.08. The lowest BCUT2D eigenvalue weighted by Crippen LogP contribution is -2.43. The summed E-state index contributed by atoms with van der Waals surface area (Å²) < 4.78 is 39.6. The number of piperidine rings is 1. The standard InChI is InChI=1S/C22H30FN3O5S/c23-19-9-17(26-11-18(31-22(26)28)10-24-21(27)15-1-2-15)3-4-20(19)25-7-5-14(6-8-25)16-12-32(29,30)13-16/h3-4,9,14-16,18,29-30H,1-2,5-8,10-13H2,(H,24,27). The highest BCUT2D eigenvalue weighted by atomic mass is 32.3.